The van der Waals surface area contributed by atoms with Crippen molar-refractivity contribution in [1.29, 1.82) is 0 Å². The van der Waals surface area contributed by atoms with Crippen molar-refractivity contribution in [2.45, 2.75) is 0 Å². The first-order valence-electron chi connectivity index (χ1n) is 9.65. The van der Waals surface area contributed by atoms with Gasteiger partial charge < -0.3 is 28.6 Å². The zero-order chi connectivity index (χ0) is 20.8. The molecule has 10 heteroatoms. The first-order chi connectivity index (χ1) is 14.7. The zero-order valence-corrected chi connectivity index (χ0v) is 16.6. The van der Waals surface area contributed by atoms with Crippen LogP contribution in [0.3, 0.4) is 0 Å². The average molecular weight is 413 g/mol. The monoisotopic (exact) mass is 413 g/mol. The number of carbonyl (C=O) groups excluding carboxylic acids is 1. The maximum Gasteiger partial charge on any atom is 0.414 e. The fourth-order valence-corrected chi connectivity index (χ4v) is 3.25. The average Bonchev–Trinajstić information content (AvgIpc) is 3.46. The minimum absolute atomic E-state index is 0.0804. The molecule has 0 unspecified atom stereocenters. The predicted octanol–water partition coefficient (Wildman–Crippen LogP) is 2.25. The minimum atomic E-state index is -0.578. The molecule has 30 heavy (non-hydrogen) atoms. The Labute approximate surface area is 173 Å². The second-order valence-corrected chi connectivity index (χ2v) is 6.68. The fourth-order valence-electron chi connectivity index (χ4n) is 3.25. The molecule has 1 aliphatic rings. The highest BCUT2D eigenvalue weighted by Crippen LogP contribution is 2.25. The molecule has 158 valence electrons. The van der Waals surface area contributed by atoms with Gasteiger partial charge in [0.15, 0.2) is 17.3 Å². The largest absolute Gasteiger partial charge is 0.493 e. The van der Waals surface area contributed by atoms with Crippen molar-refractivity contribution in [3.8, 4) is 23.1 Å². The topological polar surface area (TPSA) is 106 Å². The van der Waals surface area contributed by atoms with Crippen LogP contribution in [-0.4, -0.2) is 67.5 Å². The van der Waals surface area contributed by atoms with E-state index in [2.05, 4.69) is 25.3 Å². The zero-order valence-electron chi connectivity index (χ0n) is 16.6. The van der Waals surface area contributed by atoms with Gasteiger partial charge in [0, 0.05) is 45.5 Å². The number of nitrogens with zero attached hydrogens (tertiary/aromatic N) is 4. The number of rotatable bonds is 7. The summed E-state index contributed by atoms with van der Waals surface area (Å²) in [5.41, 5.74) is 0. The Morgan fingerprint density at radius 1 is 1.20 bits per heavy atom. The quantitative estimate of drug-likeness (QED) is 0.624. The molecule has 4 heterocycles. The molecule has 0 aromatic carbocycles. The maximum atomic E-state index is 12.0. The van der Waals surface area contributed by atoms with Gasteiger partial charge in [0.05, 0.1) is 19.4 Å². The van der Waals surface area contributed by atoms with Crippen LogP contribution in [0.15, 0.2) is 51.7 Å². The standard InChI is InChI=1S/C20H23N5O5/c1-27-16-4-2-6-21-19(16)25-11-9-24(10-12-25)8-7-22-20(26)29-18-14-17(30-23-18)15-5-3-13-28-15/h2-6,13-14H,7-12H2,1H3,(H,22,26). The fraction of sp³-hybridized carbons (Fsp3) is 0.350. The van der Waals surface area contributed by atoms with Gasteiger partial charge in [0.1, 0.15) is 0 Å². The SMILES string of the molecule is COc1cccnc1N1CCN(CCNC(=O)Oc2cc(-c3ccco3)on2)CC1. The number of amides is 1. The summed E-state index contributed by atoms with van der Waals surface area (Å²) in [5.74, 6) is 2.63. The van der Waals surface area contributed by atoms with E-state index in [4.69, 9.17) is 18.4 Å². The number of ether oxygens (including phenoxy) is 2. The van der Waals surface area contributed by atoms with E-state index in [0.29, 0.717) is 18.1 Å². The summed E-state index contributed by atoms with van der Waals surface area (Å²) in [6, 6.07) is 8.74. The van der Waals surface area contributed by atoms with Gasteiger partial charge in [-0.2, -0.15) is 0 Å². The molecule has 0 bridgehead atoms. The third-order valence-electron chi connectivity index (χ3n) is 4.79. The molecular weight excluding hydrogens is 390 g/mol. The highest BCUT2D eigenvalue weighted by Gasteiger charge is 2.20. The van der Waals surface area contributed by atoms with E-state index >= 15 is 0 Å². The van der Waals surface area contributed by atoms with E-state index in [1.165, 1.54) is 12.3 Å². The van der Waals surface area contributed by atoms with E-state index in [1.54, 1.807) is 25.4 Å². The normalized spacial score (nSPS) is 14.5. The number of carbonyl (C=O) groups is 1. The number of pyridine rings is 1. The van der Waals surface area contributed by atoms with Gasteiger partial charge in [-0.25, -0.2) is 9.78 Å². The molecule has 3 aromatic heterocycles. The summed E-state index contributed by atoms with van der Waals surface area (Å²) in [6.07, 6.45) is 2.72. The van der Waals surface area contributed by atoms with Gasteiger partial charge in [-0.3, -0.25) is 4.90 Å². The van der Waals surface area contributed by atoms with Crippen LogP contribution in [0.25, 0.3) is 11.5 Å². The number of furan rings is 1. The van der Waals surface area contributed by atoms with Crippen LogP contribution in [0.5, 0.6) is 11.6 Å². The van der Waals surface area contributed by atoms with Crippen molar-refractivity contribution < 1.29 is 23.2 Å². The van der Waals surface area contributed by atoms with E-state index in [1.807, 2.05) is 12.1 Å². The summed E-state index contributed by atoms with van der Waals surface area (Å²) in [6.45, 7) is 4.60. The Hall–Kier alpha value is -3.53. The van der Waals surface area contributed by atoms with Crippen LogP contribution in [0.1, 0.15) is 0 Å². The van der Waals surface area contributed by atoms with E-state index in [0.717, 1.165) is 44.3 Å². The van der Waals surface area contributed by atoms with E-state index in [9.17, 15) is 4.79 Å². The number of piperazine rings is 1. The van der Waals surface area contributed by atoms with Crippen LogP contribution >= 0.6 is 0 Å². The highest BCUT2D eigenvalue weighted by atomic mass is 16.6. The molecule has 1 N–H and O–H groups in total. The van der Waals surface area contributed by atoms with Crippen LogP contribution in [-0.2, 0) is 0 Å². The second kappa shape index (κ2) is 9.31. The molecule has 0 spiro atoms. The summed E-state index contributed by atoms with van der Waals surface area (Å²) >= 11 is 0. The van der Waals surface area contributed by atoms with Crippen LogP contribution in [0.2, 0.25) is 0 Å². The number of hydrogen-bond acceptors (Lipinski definition) is 9. The molecule has 10 nitrogen and oxygen atoms in total. The van der Waals surface area contributed by atoms with Crippen molar-refractivity contribution in [2.24, 2.45) is 0 Å². The second-order valence-electron chi connectivity index (χ2n) is 6.68. The van der Waals surface area contributed by atoms with Crippen LogP contribution < -0.4 is 19.7 Å². The highest BCUT2D eigenvalue weighted by molar-refractivity contribution is 5.70. The van der Waals surface area contributed by atoms with Gasteiger partial charge >= 0.3 is 6.09 Å². The first kappa shape index (κ1) is 19.8. The Kier molecular flexibility index (Phi) is 6.14. The lowest BCUT2D eigenvalue weighted by atomic mass is 10.3. The van der Waals surface area contributed by atoms with E-state index in [-0.39, 0.29) is 5.88 Å². The molecule has 0 saturated carbocycles. The molecule has 1 aliphatic heterocycles. The van der Waals surface area contributed by atoms with Gasteiger partial charge in [-0.1, -0.05) is 0 Å². The molecule has 1 saturated heterocycles. The van der Waals surface area contributed by atoms with E-state index < -0.39 is 6.09 Å². The summed E-state index contributed by atoms with van der Waals surface area (Å²) < 4.78 is 20.8. The molecular formula is C20H23N5O5. The smallest absolute Gasteiger partial charge is 0.414 e. The number of methoxy groups -OCH3 is 1. The van der Waals surface area contributed by atoms with Gasteiger partial charge in [0.25, 0.3) is 5.88 Å². The molecule has 0 radical (unpaired) electrons. The van der Waals surface area contributed by atoms with Crippen LogP contribution in [0.4, 0.5) is 10.6 Å². The lowest BCUT2D eigenvalue weighted by Crippen LogP contribution is -2.49. The molecule has 3 aromatic rings. The summed E-state index contributed by atoms with van der Waals surface area (Å²) in [4.78, 5) is 20.9. The van der Waals surface area contributed by atoms with Gasteiger partial charge in [0.2, 0.25) is 5.76 Å². The summed E-state index contributed by atoms with van der Waals surface area (Å²) in [5, 5.41) is 6.44. The van der Waals surface area contributed by atoms with Crippen LogP contribution in [0, 0.1) is 0 Å². The van der Waals surface area contributed by atoms with Crippen molar-refractivity contribution in [3.05, 3.63) is 42.8 Å². The third kappa shape index (κ3) is 4.71. The maximum absolute atomic E-state index is 12.0. The Balaban J connectivity index is 1.18. The molecule has 1 amide bonds. The van der Waals surface area contributed by atoms with Gasteiger partial charge in [-0.15, -0.1) is 0 Å². The summed E-state index contributed by atoms with van der Waals surface area (Å²) in [7, 11) is 1.65. The molecule has 4 rings (SSSR count). The molecule has 0 atom stereocenters. The first-order valence-corrected chi connectivity index (χ1v) is 9.65. The predicted molar refractivity (Wildman–Crippen MR) is 108 cm³/mol. The molecule has 0 aliphatic carbocycles. The van der Waals surface area contributed by atoms with Crippen molar-refractivity contribution in [3.63, 3.8) is 0 Å². The Morgan fingerprint density at radius 2 is 2.07 bits per heavy atom. The Bertz CT molecular complexity index is 950. The van der Waals surface area contributed by atoms with Crippen molar-refractivity contribution in [2.75, 3.05) is 51.3 Å². The lowest BCUT2D eigenvalue weighted by molar-refractivity contribution is 0.191. The van der Waals surface area contributed by atoms with Crippen molar-refractivity contribution >= 4 is 11.9 Å². The number of hydrogen-bond donors (Lipinski definition) is 1. The third-order valence-corrected chi connectivity index (χ3v) is 4.79. The number of anilines is 1. The molecule has 1 fully saturated rings. The van der Waals surface area contributed by atoms with Gasteiger partial charge in [-0.05, 0) is 29.4 Å². The Morgan fingerprint density at radius 3 is 2.83 bits per heavy atom. The van der Waals surface area contributed by atoms with Crippen molar-refractivity contribution in [1.82, 2.24) is 20.4 Å². The lowest BCUT2D eigenvalue weighted by Gasteiger charge is -2.35. The number of nitrogens with one attached hydrogen (secondary N) is 1. The minimum Gasteiger partial charge on any atom is -0.493 e. The number of aromatic nitrogens is 2.